The van der Waals surface area contributed by atoms with E-state index in [9.17, 15) is 0 Å². The predicted octanol–water partition coefficient (Wildman–Crippen LogP) is 3.94. The maximum atomic E-state index is 5.81. The van der Waals surface area contributed by atoms with Gasteiger partial charge in [-0.05, 0) is 28.5 Å². The van der Waals surface area contributed by atoms with Gasteiger partial charge in [-0.3, -0.25) is 0 Å². The number of para-hydroxylation sites is 1. The zero-order valence-corrected chi connectivity index (χ0v) is 11.3. The van der Waals surface area contributed by atoms with Crippen LogP contribution in [0, 0.1) is 0 Å². The van der Waals surface area contributed by atoms with Crippen LogP contribution in [0.3, 0.4) is 0 Å². The van der Waals surface area contributed by atoms with Crippen LogP contribution in [0.15, 0.2) is 53.9 Å². The number of benzene rings is 2. The highest BCUT2D eigenvalue weighted by atomic mass is 32.1. The third-order valence-corrected chi connectivity index (χ3v) is 4.24. The van der Waals surface area contributed by atoms with Gasteiger partial charge in [0.1, 0.15) is 12.4 Å². The van der Waals surface area contributed by atoms with E-state index in [1.165, 1.54) is 21.2 Å². The van der Waals surface area contributed by atoms with Gasteiger partial charge in [-0.2, -0.15) is 0 Å². The molecule has 0 bridgehead atoms. The van der Waals surface area contributed by atoms with E-state index >= 15 is 0 Å². The van der Waals surface area contributed by atoms with Gasteiger partial charge >= 0.3 is 0 Å². The second-order valence-corrected chi connectivity index (χ2v) is 5.24. The first-order chi connectivity index (χ1) is 9.38. The molecule has 0 saturated heterocycles. The van der Waals surface area contributed by atoms with Crippen LogP contribution in [0.25, 0.3) is 10.1 Å². The Morgan fingerprint density at radius 1 is 0.947 bits per heavy atom. The molecule has 0 atom stereocenters. The summed E-state index contributed by atoms with van der Waals surface area (Å²) in [6, 6.07) is 16.2. The molecule has 0 radical (unpaired) electrons. The van der Waals surface area contributed by atoms with Crippen LogP contribution in [0.5, 0.6) is 5.75 Å². The minimum absolute atomic E-state index is 0.580. The molecule has 1 aromatic heterocycles. The number of hydrogen-bond donors (Lipinski definition) is 1. The average molecular weight is 269 g/mol. The van der Waals surface area contributed by atoms with Gasteiger partial charge in [0.2, 0.25) is 0 Å². The lowest BCUT2D eigenvalue weighted by atomic mass is 10.1. The van der Waals surface area contributed by atoms with Crippen LogP contribution in [0.4, 0.5) is 0 Å². The average Bonchev–Trinajstić information content (AvgIpc) is 2.89. The van der Waals surface area contributed by atoms with Gasteiger partial charge in [-0.25, -0.2) is 0 Å². The molecular weight excluding hydrogens is 254 g/mol. The fraction of sp³-hybridized carbons (Fsp3) is 0.125. The van der Waals surface area contributed by atoms with Gasteiger partial charge in [0.05, 0.1) is 0 Å². The number of fused-ring (bicyclic) bond motifs is 1. The topological polar surface area (TPSA) is 35.2 Å². The molecule has 96 valence electrons. The smallest absolute Gasteiger partial charge is 0.119 e. The molecule has 3 heteroatoms. The van der Waals surface area contributed by atoms with Gasteiger partial charge in [0, 0.05) is 16.8 Å². The fourth-order valence-electron chi connectivity index (χ4n) is 2.12. The molecule has 2 N–H and O–H groups in total. The summed E-state index contributed by atoms with van der Waals surface area (Å²) in [5.74, 6) is 0.900. The van der Waals surface area contributed by atoms with Crippen LogP contribution < -0.4 is 10.5 Å². The third kappa shape index (κ3) is 2.48. The molecular formula is C16H15NOS. The third-order valence-electron chi connectivity index (χ3n) is 3.12. The molecule has 0 aliphatic heterocycles. The molecule has 19 heavy (non-hydrogen) atoms. The highest BCUT2D eigenvalue weighted by Crippen LogP contribution is 2.29. The lowest BCUT2D eigenvalue weighted by Crippen LogP contribution is -1.97. The van der Waals surface area contributed by atoms with E-state index in [1.807, 2.05) is 30.3 Å². The monoisotopic (exact) mass is 269 g/mol. The molecule has 1 heterocycles. The van der Waals surface area contributed by atoms with E-state index in [0.717, 1.165) is 5.75 Å². The van der Waals surface area contributed by atoms with E-state index in [0.29, 0.717) is 13.2 Å². The first-order valence-electron chi connectivity index (χ1n) is 6.24. The van der Waals surface area contributed by atoms with E-state index in [-0.39, 0.29) is 0 Å². The van der Waals surface area contributed by atoms with Crippen LogP contribution in [-0.2, 0) is 13.2 Å². The Morgan fingerprint density at radius 3 is 2.58 bits per heavy atom. The lowest BCUT2D eigenvalue weighted by Gasteiger charge is -2.05. The Bertz CT molecular complexity index is 676. The number of ether oxygens (including phenoxy) is 1. The van der Waals surface area contributed by atoms with Crippen molar-refractivity contribution in [1.82, 2.24) is 0 Å². The molecule has 0 aliphatic rings. The Kier molecular flexibility index (Phi) is 3.49. The second kappa shape index (κ2) is 5.43. The lowest BCUT2D eigenvalue weighted by molar-refractivity contribution is 0.308. The second-order valence-electron chi connectivity index (χ2n) is 4.36. The summed E-state index contributed by atoms with van der Waals surface area (Å²) < 4.78 is 7.08. The van der Waals surface area contributed by atoms with Crippen molar-refractivity contribution in [2.45, 2.75) is 13.2 Å². The summed E-state index contributed by atoms with van der Waals surface area (Å²) in [6.07, 6.45) is 0. The zero-order valence-electron chi connectivity index (χ0n) is 10.5. The normalized spacial score (nSPS) is 10.8. The van der Waals surface area contributed by atoms with E-state index in [1.54, 1.807) is 11.3 Å². The number of hydrogen-bond acceptors (Lipinski definition) is 3. The van der Waals surface area contributed by atoms with Crippen molar-refractivity contribution in [1.29, 1.82) is 0 Å². The van der Waals surface area contributed by atoms with Gasteiger partial charge < -0.3 is 10.5 Å². The minimum Gasteiger partial charge on any atom is -0.489 e. The molecule has 0 fully saturated rings. The highest BCUT2D eigenvalue weighted by molar-refractivity contribution is 7.17. The molecule has 3 rings (SSSR count). The minimum atomic E-state index is 0.580. The quantitative estimate of drug-likeness (QED) is 0.778. The van der Waals surface area contributed by atoms with Gasteiger partial charge in [0.25, 0.3) is 0 Å². The first-order valence-corrected chi connectivity index (χ1v) is 7.12. The van der Waals surface area contributed by atoms with Crippen molar-refractivity contribution in [2.24, 2.45) is 5.73 Å². The summed E-state index contributed by atoms with van der Waals surface area (Å²) in [5, 5.41) is 3.41. The Labute approximate surface area is 116 Å². The highest BCUT2D eigenvalue weighted by Gasteiger charge is 2.07. The van der Waals surface area contributed by atoms with Crippen molar-refractivity contribution in [3.8, 4) is 5.75 Å². The van der Waals surface area contributed by atoms with E-state index in [4.69, 9.17) is 10.5 Å². The maximum absolute atomic E-state index is 5.81. The van der Waals surface area contributed by atoms with Crippen LogP contribution >= 0.6 is 11.3 Å². The maximum Gasteiger partial charge on any atom is 0.119 e. The largest absolute Gasteiger partial charge is 0.489 e. The summed E-state index contributed by atoms with van der Waals surface area (Å²) in [5.41, 5.74) is 8.19. The Balaban J connectivity index is 1.86. The summed E-state index contributed by atoms with van der Waals surface area (Å²) >= 11 is 1.74. The first kappa shape index (κ1) is 12.2. The van der Waals surface area contributed by atoms with Gasteiger partial charge in [-0.1, -0.05) is 36.4 Å². The Hall–Kier alpha value is -1.84. The number of nitrogens with two attached hydrogens (primary N) is 1. The van der Waals surface area contributed by atoms with Crippen molar-refractivity contribution < 1.29 is 4.74 Å². The van der Waals surface area contributed by atoms with E-state index in [2.05, 4.69) is 23.6 Å². The standard InChI is InChI=1S/C16H15NOS/c17-9-12-5-4-8-15-13(11-19-16(12)15)10-18-14-6-2-1-3-7-14/h1-8,11H,9-10,17H2. The molecule has 3 aromatic rings. The van der Waals surface area contributed by atoms with Crippen LogP contribution in [0.2, 0.25) is 0 Å². The van der Waals surface area contributed by atoms with Crippen LogP contribution in [-0.4, -0.2) is 0 Å². The van der Waals surface area contributed by atoms with Crippen molar-refractivity contribution in [2.75, 3.05) is 0 Å². The summed E-state index contributed by atoms with van der Waals surface area (Å²) in [7, 11) is 0. The molecule has 0 amide bonds. The summed E-state index contributed by atoms with van der Waals surface area (Å²) in [4.78, 5) is 0. The van der Waals surface area contributed by atoms with E-state index < -0.39 is 0 Å². The molecule has 0 unspecified atom stereocenters. The van der Waals surface area contributed by atoms with Crippen molar-refractivity contribution in [3.05, 3.63) is 65.0 Å². The molecule has 0 aliphatic carbocycles. The predicted molar refractivity (Wildman–Crippen MR) is 80.5 cm³/mol. The SMILES string of the molecule is NCc1cccc2c(COc3ccccc3)csc12. The fourth-order valence-corrected chi connectivity index (χ4v) is 3.20. The molecule has 0 spiro atoms. The Morgan fingerprint density at radius 2 is 1.79 bits per heavy atom. The van der Waals surface area contributed by atoms with Gasteiger partial charge in [-0.15, -0.1) is 11.3 Å². The van der Waals surface area contributed by atoms with Crippen molar-refractivity contribution >= 4 is 21.4 Å². The molecule has 2 nitrogen and oxygen atoms in total. The van der Waals surface area contributed by atoms with Crippen molar-refractivity contribution in [3.63, 3.8) is 0 Å². The molecule has 2 aromatic carbocycles. The zero-order chi connectivity index (χ0) is 13.1. The number of thiophene rings is 1. The number of rotatable bonds is 4. The summed E-state index contributed by atoms with van der Waals surface area (Å²) in [6.45, 7) is 1.18. The van der Waals surface area contributed by atoms with Crippen LogP contribution in [0.1, 0.15) is 11.1 Å². The molecule has 0 saturated carbocycles. The van der Waals surface area contributed by atoms with Gasteiger partial charge in [0.15, 0.2) is 0 Å².